The molecule has 18 heavy (non-hydrogen) atoms. The van der Waals surface area contributed by atoms with Crippen LogP contribution in [0, 0.1) is 0 Å². The van der Waals surface area contributed by atoms with Crippen LogP contribution in [0.1, 0.15) is 25.7 Å². The summed E-state index contributed by atoms with van der Waals surface area (Å²) in [4.78, 5) is 23.5. The van der Waals surface area contributed by atoms with Crippen molar-refractivity contribution >= 4 is 5.91 Å². The molecule has 1 aliphatic rings. The minimum atomic E-state index is -0.254. The lowest BCUT2D eigenvalue weighted by molar-refractivity contribution is -0.123. The maximum absolute atomic E-state index is 12.0. The van der Waals surface area contributed by atoms with Crippen LogP contribution in [-0.2, 0) is 11.3 Å². The zero-order valence-electron chi connectivity index (χ0n) is 10.4. The fraction of sp³-hybridized carbons (Fsp3) is 0.538. The second-order valence-electron chi connectivity index (χ2n) is 4.91. The summed E-state index contributed by atoms with van der Waals surface area (Å²) in [5.74, 6) is -0.143. The van der Waals surface area contributed by atoms with Gasteiger partial charge in [0.25, 0.3) is 5.56 Å². The Bertz CT molecular complexity index is 475. The number of amides is 1. The van der Waals surface area contributed by atoms with Gasteiger partial charge in [0.05, 0.1) is 5.54 Å². The number of nitrogens with two attached hydrogens (primary N) is 1. The lowest BCUT2D eigenvalue weighted by Gasteiger charge is -2.28. The molecule has 0 unspecified atom stereocenters. The molecule has 5 nitrogen and oxygen atoms in total. The van der Waals surface area contributed by atoms with Crippen molar-refractivity contribution in [3.8, 4) is 0 Å². The zero-order valence-corrected chi connectivity index (χ0v) is 10.4. The highest BCUT2D eigenvalue weighted by atomic mass is 16.2. The molecule has 1 saturated carbocycles. The SMILES string of the molecule is NCC1(NC(=O)Cn2ccccc2=O)CCCC1. The van der Waals surface area contributed by atoms with E-state index < -0.39 is 0 Å². The molecule has 1 aliphatic carbocycles. The van der Waals surface area contributed by atoms with Crippen molar-refractivity contribution in [2.24, 2.45) is 5.73 Å². The molecule has 1 aromatic rings. The molecule has 0 aliphatic heterocycles. The summed E-state index contributed by atoms with van der Waals surface area (Å²) in [5.41, 5.74) is 5.34. The monoisotopic (exact) mass is 249 g/mol. The first-order valence-electron chi connectivity index (χ1n) is 6.32. The minimum absolute atomic E-state index is 0.0570. The molecule has 0 spiro atoms. The van der Waals surface area contributed by atoms with Crippen LogP contribution in [0.4, 0.5) is 0 Å². The molecule has 2 rings (SSSR count). The van der Waals surface area contributed by atoms with Crippen LogP contribution in [-0.4, -0.2) is 22.6 Å². The average molecular weight is 249 g/mol. The maximum Gasteiger partial charge on any atom is 0.250 e. The molecule has 5 heteroatoms. The molecular weight excluding hydrogens is 230 g/mol. The Labute approximate surface area is 106 Å². The van der Waals surface area contributed by atoms with Crippen molar-refractivity contribution < 1.29 is 4.79 Å². The van der Waals surface area contributed by atoms with Crippen molar-refractivity contribution in [3.63, 3.8) is 0 Å². The highest BCUT2D eigenvalue weighted by Crippen LogP contribution is 2.28. The Kier molecular flexibility index (Phi) is 3.81. The number of aromatic nitrogens is 1. The molecule has 0 aromatic carbocycles. The van der Waals surface area contributed by atoms with Crippen molar-refractivity contribution in [2.75, 3.05) is 6.54 Å². The van der Waals surface area contributed by atoms with E-state index >= 15 is 0 Å². The van der Waals surface area contributed by atoms with Crippen LogP contribution in [0.3, 0.4) is 0 Å². The van der Waals surface area contributed by atoms with E-state index in [4.69, 9.17) is 5.73 Å². The normalized spacial score (nSPS) is 17.6. The zero-order chi connectivity index (χ0) is 13.0. The van der Waals surface area contributed by atoms with Crippen LogP contribution in [0.15, 0.2) is 29.2 Å². The quantitative estimate of drug-likeness (QED) is 0.802. The molecule has 1 aromatic heterocycles. The number of carbonyl (C=O) groups excluding carboxylic acids is 1. The van der Waals surface area contributed by atoms with Crippen molar-refractivity contribution in [3.05, 3.63) is 34.7 Å². The highest BCUT2D eigenvalue weighted by Gasteiger charge is 2.33. The van der Waals surface area contributed by atoms with Crippen LogP contribution < -0.4 is 16.6 Å². The fourth-order valence-corrected chi connectivity index (χ4v) is 2.51. The fourth-order valence-electron chi connectivity index (χ4n) is 2.51. The summed E-state index contributed by atoms with van der Waals surface area (Å²) >= 11 is 0. The number of hydrogen-bond acceptors (Lipinski definition) is 3. The van der Waals surface area contributed by atoms with E-state index in [1.165, 1.54) is 10.6 Å². The number of carbonyl (C=O) groups is 1. The number of hydrogen-bond donors (Lipinski definition) is 2. The molecule has 1 heterocycles. The molecule has 0 radical (unpaired) electrons. The van der Waals surface area contributed by atoms with Gasteiger partial charge in [0.15, 0.2) is 0 Å². The Morgan fingerprint density at radius 3 is 2.72 bits per heavy atom. The van der Waals surface area contributed by atoms with Crippen molar-refractivity contribution in [2.45, 2.75) is 37.8 Å². The number of nitrogens with zero attached hydrogens (tertiary/aromatic N) is 1. The first-order chi connectivity index (χ1) is 8.65. The molecular formula is C13H19N3O2. The smallest absolute Gasteiger partial charge is 0.250 e. The average Bonchev–Trinajstić information content (AvgIpc) is 2.81. The second kappa shape index (κ2) is 5.35. The predicted octanol–water partition coefficient (Wildman–Crippen LogP) is 0.236. The van der Waals surface area contributed by atoms with E-state index in [2.05, 4.69) is 5.32 Å². The molecule has 98 valence electrons. The molecule has 0 saturated heterocycles. The number of rotatable bonds is 4. The third-order valence-corrected chi connectivity index (χ3v) is 3.57. The minimum Gasteiger partial charge on any atom is -0.348 e. The van der Waals surface area contributed by atoms with Crippen molar-refractivity contribution in [1.82, 2.24) is 9.88 Å². The summed E-state index contributed by atoms with van der Waals surface area (Å²) in [5, 5.41) is 2.99. The molecule has 1 fully saturated rings. The molecule has 0 bridgehead atoms. The van der Waals surface area contributed by atoms with Gasteiger partial charge in [-0.25, -0.2) is 0 Å². The van der Waals surface area contributed by atoms with E-state index in [0.29, 0.717) is 6.54 Å². The maximum atomic E-state index is 12.0. The number of nitrogens with one attached hydrogen (secondary N) is 1. The first kappa shape index (κ1) is 12.8. The van der Waals surface area contributed by atoms with E-state index in [1.54, 1.807) is 18.3 Å². The summed E-state index contributed by atoms with van der Waals surface area (Å²) in [6.07, 6.45) is 5.68. The van der Waals surface area contributed by atoms with E-state index in [1.807, 2.05) is 0 Å². The lowest BCUT2D eigenvalue weighted by Crippen LogP contribution is -2.52. The molecule has 1 amide bonds. The van der Waals surface area contributed by atoms with Gasteiger partial charge in [0.1, 0.15) is 6.54 Å². The van der Waals surface area contributed by atoms with Crippen molar-refractivity contribution in [1.29, 1.82) is 0 Å². The Balaban J connectivity index is 2.01. The van der Waals surface area contributed by atoms with E-state index in [0.717, 1.165) is 25.7 Å². The van der Waals surface area contributed by atoms with E-state index in [-0.39, 0.29) is 23.6 Å². The highest BCUT2D eigenvalue weighted by molar-refractivity contribution is 5.76. The van der Waals surface area contributed by atoms with Gasteiger partial charge in [-0.3, -0.25) is 9.59 Å². The summed E-state index contributed by atoms with van der Waals surface area (Å²) < 4.78 is 1.40. The Hall–Kier alpha value is -1.62. The van der Waals surface area contributed by atoms with Gasteiger partial charge in [-0.2, -0.15) is 0 Å². The van der Waals surface area contributed by atoms with Gasteiger partial charge in [-0.1, -0.05) is 18.9 Å². The van der Waals surface area contributed by atoms with Gasteiger partial charge < -0.3 is 15.6 Å². The van der Waals surface area contributed by atoms with Crippen LogP contribution >= 0.6 is 0 Å². The lowest BCUT2D eigenvalue weighted by atomic mass is 9.98. The topological polar surface area (TPSA) is 77.1 Å². The Morgan fingerprint density at radius 1 is 1.39 bits per heavy atom. The van der Waals surface area contributed by atoms with Crippen LogP contribution in [0.2, 0.25) is 0 Å². The third-order valence-electron chi connectivity index (χ3n) is 3.57. The van der Waals surface area contributed by atoms with E-state index in [9.17, 15) is 9.59 Å². The molecule has 3 N–H and O–H groups in total. The Morgan fingerprint density at radius 2 is 2.11 bits per heavy atom. The second-order valence-corrected chi connectivity index (χ2v) is 4.91. The predicted molar refractivity (Wildman–Crippen MR) is 69.1 cm³/mol. The van der Waals surface area contributed by atoms with Gasteiger partial charge in [-0.15, -0.1) is 0 Å². The summed E-state index contributed by atoms with van der Waals surface area (Å²) in [6, 6.07) is 4.85. The van der Waals surface area contributed by atoms with Gasteiger partial charge in [-0.05, 0) is 18.9 Å². The molecule has 0 atom stereocenters. The summed E-state index contributed by atoms with van der Waals surface area (Å²) in [6.45, 7) is 0.518. The largest absolute Gasteiger partial charge is 0.348 e. The number of pyridine rings is 1. The van der Waals surface area contributed by atoms with Crippen LogP contribution in [0.5, 0.6) is 0 Å². The standard InChI is InChI=1S/C13H19N3O2/c14-10-13(6-2-3-7-13)15-11(17)9-16-8-4-1-5-12(16)18/h1,4-5,8H,2-3,6-7,9-10,14H2,(H,15,17). The summed E-state index contributed by atoms with van der Waals surface area (Å²) in [7, 11) is 0. The third kappa shape index (κ3) is 2.79. The first-order valence-corrected chi connectivity index (χ1v) is 6.32. The van der Waals surface area contributed by atoms with Gasteiger partial charge >= 0.3 is 0 Å². The van der Waals surface area contributed by atoms with Gasteiger partial charge in [0, 0.05) is 18.8 Å². The van der Waals surface area contributed by atoms with Gasteiger partial charge in [0.2, 0.25) is 5.91 Å². The van der Waals surface area contributed by atoms with Crippen LogP contribution in [0.25, 0.3) is 0 Å².